The fourth-order valence-electron chi connectivity index (χ4n) is 2.79. The van der Waals surface area contributed by atoms with Crippen LogP contribution >= 0.6 is 0 Å². The van der Waals surface area contributed by atoms with Gasteiger partial charge in [0.2, 0.25) is 0 Å². The van der Waals surface area contributed by atoms with E-state index in [9.17, 15) is 9.90 Å². The number of hydrogen-bond acceptors (Lipinski definition) is 4. The molecule has 1 fully saturated rings. The second-order valence-electron chi connectivity index (χ2n) is 4.88. The molecule has 0 aliphatic carbocycles. The van der Waals surface area contributed by atoms with E-state index < -0.39 is 5.97 Å². The average molecular weight is 257 g/mol. The van der Waals surface area contributed by atoms with Crippen LogP contribution in [0.25, 0.3) is 10.9 Å². The lowest BCUT2D eigenvalue weighted by Gasteiger charge is -2.25. The number of rotatable bonds is 2. The summed E-state index contributed by atoms with van der Waals surface area (Å²) in [6, 6.07) is 7.76. The summed E-state index contributed by atoms with van der Waals surface area (Å²) in [5.41, 5.74) is 0.887. The van der Waals surface area contributed by atoms with E-state index in [1.165, 1.54) is 0 Å². The van der Waals surface area contributed by atoms with Crippen LogP contribution in [0.4, 0.5) is 5.82 Å². The molecule has 0 spiro atoms. The highest BCUT2D eigenvalue weighted by Crippen LogP contribution is 2.32. The fraction of sp³-hybridized carbons (Fsp3) is 0.357. The monoisotopic (exact) mass is 257 g/mol. The predicted molar refractivity (Wildman–Crippen MR) is 72.1 cm³/mol. The van der Waals surface area contributed by atoms with E-state index in [2.05, 4.69) is 14.9 Å². The van der Waals surface area contributed by atoms with E-state index in [-0.39, 0.29) is 12.0 Å². The van der Waals surface area contributed by atoms with Gasteiger partial charge in [0, 0.05) is 18.0 Å². The number of carboxylic acid groups (broad SMARTS) is 1. The first-order valence-corrected chi connectivity index (χ1v) is 6.37. The third-order valence-corrected chi connectivity index (χ3v) is 3.87. The number of aromatic nitrogens is 2. The molecule has 0 saturated carbocycles. The van der Waals surface area contributed by atoms with Gasteiger partial charge < -0.3 is 10.0 Å². The van der Waals surface area contributed by atoms with Gasteiger partial charge in [-0.1, -0.05) is 12.1 Å². The quantitative estimate of drug-likeness (QED) is 0.890. The smallest absolute Gasteiger partial charge is 0.308 e. The maximum Gasteiger partial charge on any atom is 0.308 e. The van der Waals surface area contributed by atoms with Crippen LogP contribution in [-0.2, 0) is 4.79 Å². The molecule has 0 radical (unpaired) electrons. The van der Waals surface area contributed by atoms with Gasteiger partial charge >= 0.3 is 5.97 Å². The minimum atomic E-state index is -0.728. The Morgan fingerprint density at radius 2 is 2.16 bits per heavy atom. The van der Waals surface area contributed by atoms with Crippen molar-refractivity contribution >= 4 is 22.7 Å². The summed E-state index contributed by atoms with van der Waals surface area (Å²) in [6.45, 7) is 2.67. The first-order chi connectivity index (χ1) is 9.18. The second-order valence-corrected chi connectivity index (χ2v) is 4.88. The molecule has 0 bridgehead atoms. The Labute approximate surface area is 110 Å². The van der Waals surface area contributed by atoms with Crippen molar-refractivity contribution in [3.05, 3.63) is 30.6 Å². The van der Waals surface area contributed by atoms with Crippen LogP contribution in [0.1, 0.15) is 13.3 Å². The number of nitrogens with zero attached hydrogens (tertiary/aromatic N) is 3. The van der Waals surface area contributed by atoms with E-state index in [1.54, 1.807) is 6.33 Å². The molecular weight excluding hydrogens is 242 g/mol. The summed E-state index contributed by atoms with van der Waals surface area (Å²) >= 11 is 0. The van der Waals surface area contributed by atoms with Crippen molar-refractivity contribution in [2.24, 2.45) is 5.92 Å². The SMILES string of the molecule is CC1C(C(=O)O)CCN1c1ncnc2ccccc12. The highest BCUT2D eigenvalue weighted by atomic mass is 16.4. The molecule has 2 aromatic rings. The van der Waals surface area contributed by atoms with E-state index in [4.69, 9.17) is 0 Å². The Hall–Kier alpha value is -2.17. The van der Waals surface area contributed by atoms with Crippen molar-refractivity contribution in [2.45, 2.75) is 19.4 Å². The first kappa shape index (κ1) is 11.9. The van der Waals surface area contributed by atoms with Crippen molar-refractivity contribution < 1.29 is 9.90 Å². The number of benzene rings is 1. The number of para-hydroxylation sites is 1. The second kappa shape index (κ2) is 4.50. The molecule has 3 rings (SSSR count). The average Bonchev–Trinajstić information content (AvgIpc) is 2.80. The molecule has 2 atom stereocenters. The third kappa shape index (κ3) is 1.91. The summed E-state index contributed by atoms with van der Waals surface area (Å²) in [5, 5.41) is 10.2. The lowest BCUT2D eigenvalue weighted by molar-refractivity contribution is -0.141. The highest BCUT2D eigenvalue weighted by Gasteiger charge is 2.36. The minimum absolute atomic E-state index is 0.0455. The largest absolute Gasteiger partial charge is 0.481 e. The third-order valence-electron chi connectivity index (χ3n) is 3.87. The van der Waals surface area contributed by atoms with Crippen LogP contribution in [-0.4, -0.2) is 33.6 Å². The zero-order valence-corrected chi connectivity index (χ0v) is 10.7. The van der Waals surface area contributed by atoms with Crippen LogP contribution in [0.2, 0.25) is 0 Å². The van der Waals surface area contributed by atoms with Gasteiger partial charge in [0.05, 0.1) is 11.4 Å². The Bertz CT molecular complexity index is 624. The van der Waals surface area contributed by atoms with Crippen LogP contribution in [0.5, 0.6) is 0 Å². The summed E-state index contributed by atoms with van der Waals surface area (Å²) in [5.74, 6) is -0.219. The van der Waals surface area contributed by atoms with Crippen LogP contribution in [0, 0.1) is 5.92 Å². The summed E-state index contributed by atoms with van der Waals surface area (Å²) in [4.78, 5) is 21.9. The molecule has 2 heterocycles. The Kier molecular flexibility index (Phi) is 2.81. The summed E-state index contributed by atoms with van der Waals surface area (Å²) < 4.78 is 0. The molecule has 5 nitrogen and oxygen atoms in total. The van der Waals surface area contributed by atoms with Crippen LogP contribution in [0.15, 0.2) is 30.6 Å². The molecule has 5 heteroatoms. The molecule has 2 unspecified atom stereocenters. The predicted octanol–water partition coefficient (Wildman–Crippen LogP) is 1.93. The maximum atomic E-state index is 11.2. The highest BCUT2D eigenvalue weighted by molar-refractivity contribution is 5.89. The summed E-state index contributed by atoms with van der Waals surface area (Å²) in [7, 11) is 0. The maximum absolute atomic E-state index is 11.2. The number of carbonyl (C=O) groups is 1. The topological polar surface area (TPSA) is 66.3 Å². The molecule has 1 aromatic heterocycles. The standard InChI is InChI=1S/C14H15N3O2/c1-9-10(14(18)19)6-7-17(9)13-11-4-2-3-5-12(11)15-8-16-13/h2-5,8-10H,6-7H2,1H3,(H,18,19). The lowest BCUT2D eigenvalue weighted by atomic mass is 10.0. The van der Waals surface area contributed by atoms with Gasteiger partial charge in [0.25, 0.3) is 0 Å². The first-order valence-electron chi connectivity index (χ1n) is 6.37. The van der Waals surface area contributed by atoms with Gasteiger partial charge in [-0.15, -0.1) is 0 Å². The van der Waals surface area contributed by atoms with E-state index in [0.717, 1.165) is 23.3 Å². The van der Waals surface area contributed by atoms with E-state index >= 15 is 0 Å². The Morgan fingerprint density at radius 3 is 2.89 bits per heavy atom. The molecule has 1 aromatic carbocycles. The van der Waals surface area contributed by atoms with Crippen molar-refractivity contribution in [1.29, 1.82) is 0 Å². The van der Waals surface area contributed by atoms with E-state index in [0.29, 0.717) is 6.42 Å². The number of fused-ring (bicyclic) bond motifs is 1. The number of anilines is 1. The van der Waals surface area contributed by atoms with Gasteiger partial charge in [-0.05, 0) is 25.5 Å². The molecule has 1 aliphatic rings. The lowest BCUT2D eigenvalue weighted by Crippen LogP contribution is -2.33. The molecule has 19 heavy (non-hydrogen) atoms. The summed E-state index contributed by atoms with van der Waals surface area (Å²) in [6.07, 6.45) is 2.20. The van der Waals surface area contributed by atoms with Crippen molar-refractivity contribution in [3.8, 4) is 0 Å². The number of carboxylic acids is 1. The molecule has 98 valence electrons. The van der Waals surface area contributed by atoms with Crippen LogP contribution in [0.3, 0.4) is 0 Å². The zero-order chi connectivity index (χ0) is 13.4. The van der Waals surface area contributed by atoms with Crippen molar-refractivity contribution in [2.75, 3.05) is 11.4 Å². The van der Waals surface area contributed by atoms with Gasteiger partial charge in [-0.25, -0.2) is 9.97 Å². The number of aliphatic carboxylic acids is 1. The molecule has 1 N–H and O–H groups in total. The normalized spacial score (nSPS) is 22.9. The molecule has 1 aliphatic heterocycles. The van der Waals surface area contributed by atoms with E-state index in [1.807, 2.05) is 31.2 Å². The van der Waals surface area contributed by atoms with Crippen molar-refractivity contribution in [1.82, 2.24) is 9.97 Å². The molecule has 0 amide bonds. The zero-order valence-electron chi connectivity index (χ0n) is 10.7. The molecule has 1 saturated heterocycles. The fourth-order valence-corrected chi connectivity index (χ4v) is 2.79. The van der Waals surface area contributed by atoms with Crippen LogP contribution < -0.4 is 4.90 Å². The molecular formula is C14H15N3O2. The number of hydrogen-bond donors (Lipinski definition) is 1. The van der Waals surface area contributed by atoms with Crippen molar-refractivity contribution in [3.63, 3.8) is 0 Å². The van der Waals surface area contributed by atoms with Gasteiger partial charge in [0.15, 0.2) is 0 Å². The Balaban J connectivity index is 2.04. The minimum Gasteiger partial charge on any atom is -0.481 e. The van der Waals surface area contributed by atoms with Gasteiger partial charge in [-0.2, -0.15) is 0 Å². The Morgan fingerprint density at radius 1 is 1.37 bits per heavy atom. The van der Waals surface area contributed by atoms with Gasteiger partial charge in [-0.3, -0.25) is 4.79 Å². The van der Waals surface area contributed by atoms with Gasteiger partial charge in [0.1, 0.15) is 12.1 Å².